The fourth-order valence-electron chi connectivity index (χ4n) is 2.28. The number of piperidine rings is 1. The number of carboxylic acid groups (broad SMARTS) is 1. The number of rotatable bonds is 3. The normalized spacial score (nSPS) is 21.2. The van der Waals surface area contributed by atoms with E-state index in [1.165, 1.54) is 28.6 Å². The third-order valence-electron chi connectivity index (χ3n) is 3.36. The summed E-state index contributed by atoms with van der Waals surface area (Å²) in [6, 6.07) is 5.36. The highest BCUT2D eigenvalue weighted by Gasteiger charge is 2.28. The molecule has 0 unspecified atom stereocenters. The molecule has 0 amide bonds. The second-order valence-corrected chi connectivity index (χ2v) is 6.88. The minimum atomic E-state index is -3.50. The fourth-order valence-corrected chi connectivity index (χ4v) is 3.88. The molecule has 1 fully saturated rings. The molecule has 1 N–H and O–H groups in total. The molecule has 1 aliphatic heterocycles. The Labute approximate surface area is 112 Å². The van der Waals surface area contributed by atoms with Crippen LogP contribution in [0.4, 0.5) is 0 Å². The van der Waals surface area contributed by atoms with Gasteiger partial charge in [0.15, 0.2) is 0 Å². The van der Waals surface area contributed by atoms with Gasteiger partial charge in [0.05, 0.1) is 10.5 Å². The number of sulfonamides is 1. The summed E-state index contributed by atoms with van der Waals surface area (Å²) >= 11 is 0. The van der Waals surface area contributed by atoms with Crippen molar-refractivity contribution < 1.29 is 18.3 Å². The quantitative estimate of drug-likeness (QED) is 0.918. The van der Waals surface area contributed by atoms with Gasteiger partial charge in [0.2, 0.25) is 10.0 Å². The van der Waals surface area contributed by atoms with E-state index >= 15 is 0 Å². The predicted molar refractivity (Wildman–Crippen MR) is 70.6 cm³/mol. The Bertz CT molecular complexity index is 565. The van der Waals surface area contributed by atoms with E-state index in [9.17, 15) is 13.2 Å². The van der Waals surface area contributed by atoms with Crippen molar-refractivity contribution in [2.45, 2.75) is 24.7 Å². The summed E-state index contributed by atoms with van der Waals surface area (Å²) < 4.78 is 26.3. The summed E-state index contributed by atoms with van der Waals surface area (Å²) in [5, 5.41) is 8.80. The molecule has 1 aromatic rings. The van der Waals surface area contributed by atoms with Crippen molar-refractivity contribution in [3.8, 4) is 0 Å². The topological polar surface area (TPSA) is 74.7 Å². The number of aromatic carboxylic acids is 1. The van der Waals surface area contributed by atoms with Crippen LogP contribution >= 0.6 is 0 Å². The second-order valence-electron chi connectivity index (χ2n) is 4.94. The van der Waals surface area contributed by atoms with Gasteiger partial charge in [-0.15, -0.1) is 0 Å². The lowest BCUT2D eigenvalue weighted by molar-refractivity contribution is 0.0696. The standard InChI is InChI=1S/C13H17NO4S/c1-10-3-2-8-14(9-10)19(17,18)12-6-4-11(5-7-12)13(15)16/h4-7,10H,2-3,8-9H2,1H3,(H,15,16)/t10-/m1/s1. The van der Waals surface area contributed by atoms with Crippen molar-refractivity contribution in [1.82, 2.24) is 4.31 Å². The summed E-state index contributed by atoms with van der Waals surface area (Å²) in [4.78, 5) is 10.9. The molecule has 0 radical (unpaired) electrons. The third-order valence-corrected chi connectivity index (χ3v) is 5.24. The van der Waals surface area contributed by atoms with Gasteiger partial charge < -0.3 is 5.11 Å². The average molecular weight is 283 g/mol. The van der Waals surface area contributed by atoms with Crippen LogP contribution in [0.25, 0.3) is 0 Å². The first-order valence-electron chi connectivity index (χ1n) is 6.25. The highest BCUT2D eigenvalue weighted by atomic mass is 32.2. The number of nitrogens with zero attached hydrogens (tertiary/aromatic N) is 1. The Balaban J connectivity index is 2.26. The van der Waals surface area contributed by atoms with E-state index in [4.69, 9.17) is 5.11 Å². The van der Waals surface area contributed by atoms with Gasteiger partial charge in [0.1, 0.15) is 0 Å². The van der Waals surface area contributed by atoms with E-state index in [1.54, 1.807) is 0 Å². The molecule has 104 valence electrons. The molecule has 19 heavy (non-hydrogen) atoms. The number of carbonyl (C=O) groups is 1. The minimum absolute atomic E-state index is 0.0889. The first-order valence-corrected chi connectivity index (χ1v) is 7.69. The van der Waals surface area contributed by atoms with Crippen LogP contribution in [0.15, 0.2) is 29.2 Å². The molecular weight excluding hydrogens is 266 g/mol. The zero-order valence-corrected chi connectivity index (χ0v) is 11.6. The maximum atomic E-state index is 12.4. The predicted octanol–water partition coefficient (Wildman–Crippen LogP) is 1.81. The molecule has 6 heteroatoms. The lowest BCUT2D eigenvalue weighted by atomic mass is 10.0. The van der Waals surface area contributed by atoms with Crippen LogP contribution in [-0.4, -0.2) is 36.9 Å². The highest BCUT2D eigenvalue weighted by molar-refractivity contribution is 7.89. The smallest absolute Gasteiger partial charge is 0.335 e. The zero-order chi connectivity index (χ0) is 14.0. The molecule has 0 bridgehead atoms. The third kappa shape index (κ3) is 2.96. The number of benzene rings is 1. The molecular formula is C13H17NO4S. The van der Waals surface area contributed by atoms with E-state index in [0.29, 0.717) is 19.0 Å². The van der Waals surface area contributed by atoms with Crippen molar-refractivity contribution in [2.24, 2.45) is 5.92 Å². The highest BCUT2D eigenvalue weighted by Crippen LogP contribution is 2.23. The van der Waals surface area contributed by atoms with Crippen molar-refractivity contribution in [2.75, 3.05) is 13.1 Å². The Morgan fingerprint density at radius 1 is 1.32 bits per heavy atom. The second kappa shape index (κ2) is 5.30. The van der Waals surface area contributed by atoms with Gasteiger partial charge in [-0.1, -0.05) is 6.92 Å². The van der Waals surface area contributed by atoms with Crippen LogP contribution in [0.5, 0.6) is 0 Å². The number of hydrogen-bond donors (Lipinski definition) is 1. The van der Waals surface area contributed by atoms with E-state index in [-0.39, 0.29) is 10.5 Å². The molecule has 5 nitrogen and oxygen atoms in total. The Morgan fingerprint density at radius 2 is 1.95 bits per heavy atom. The van der Waals surface area contributed by atoms with Gasteiger partial charge in [-0.25, -0.2) is 13.2 Å². The molecule has 0 spiro atoms. The summed E-state index contributed by atoms with van der Waals surface area (Å²) in [5.74, 6) is -0.697. The van der Waals surface area contributed by atoms with E-state index in [2.05, 4.69) is 0 Å². The SMILES string of the molecule is C[C@@H]1CCCN(S(=O)(=O)c2ccc(C(=O)O)cc2)C1. The van der Waals surface area contributed by atoms with Gasteiger partial charge in [-0.3, -0.25) is 0 Å². The lowest BCUT2D eigenvalue weighted by Crippen LogP contribution is -2.39. The van der Waals surface area contributed by atoms with Crippen LogP contribution in [-0.2, 0) is 10.0 Å². The molecule has 2 rings (SSSR count). The molecule has 1 saturated heterocycles. The van der Waals surface area contributed by atoms with Gasteiger partial charge in [-0.2, -0.15) is 4.31 Å². The van der Waals surface area contributed by atoms with Crippen molar-refractivity contribution in [3.05, 3.63) is 29.8 Å². The monoisotopic (exact) mass is 283 g/mol. The van der Waals surface area contributed by atoms with Crippen molar-refractivity contribution >= 4 is 16.0 Å². The lowest BCUT2D eigenvalue weighted by Gasteiger charge is -2.30. The van der Waals surface area contributed by atoms with Crippen molar-refractivity contribution in [3.63, 3.8) is 0 Å². The van der Waals surface area contributed by atoms with E-state index < -0.39 is 16.0 Å². The Morgan fingerprint density at radius 3 is 2.47 bits per heavy atom. The largest absolute Gasteiger partial charge is 0.478 e. The van der Waals surface area contributed by atoms with Crippen LogP contribution in [0.1, 0.15) is 30.1 Å². The molecule has 1 atom stereocenters. The van der Waals surface area contributed by atoms with E-state index in [0.717, 1.165) is 12.8 Å². The zero-order valence-electron chi connectivity index (χ0n) is 10.7. The van der Waals surface area contributed by atoms with E-state index in [1.807, 2.05) is 6.92 Å². The average Bonchev–Trinajstić information content (AvgIpc) is 2.39. The van der Waals surface area contributed by atoms with Crippen LogP contribution < -0.4 is 0 Å². The summed E-state index contributed by atoms with van der Waals surface area (Å²) in [6.45, 7) is 3.10. The summed E-state index contributed by atoms with van der Waals surface area (Å²) in [6.07, 6.45) is 1.91. The number of carboxylic acids is 1. The van der Waals surface area contributed by atoms with Crippen LogP contribution in [0.3, 0.4) is 0 Å². The fraction of sp³-hybridized carbons (Fsp3) is 0.462. The maximum Gasteiger partial charge on any atom is 0.335 e. The van der Waals surface area contributed by atoms with Gasteiger partial charge in [0.25, 0.3) is 0 Å². The minimum Gasteiger partial charge on any atom is -0.478 e. The molecule has 1 aromatic carbocycles. The van der Waals surface area contributed by atoms with Crippen LogP contribution in [0.2, 0.25) is 0 Å². The van der Waals surface area contributed by atoms with Gasteiger partial charge >= 0.3 is 5.97 Å². The van der Waals surface area contributed by atoms with Gasteiger partial charge in [-0.05, 0) is 43.0 Å². The molecule has 1 heterocycles. The maximum absolute atomic E-state index is 12.4. The first-order chi connectivity index (χ1) is 8.91. The van der Waals surface area contributed by atoms with Gasteiger partial charge in [0, 0.05) is 13.1 Å². The van der Waals surface area contributed by atoms with Crippen LogP contribution in [0, 0.1) is 5.92 Å². The summed E-state index contributed by atoms with van der Waals surface area (Å²) in [7, 11) is -3.50. The summed E-state index contributed by atoms with van der Waals surface area (Å²) in [5.41, 5.74) is 0.0889. The molecule has 0 aliphatic carbocycles. The number of hydrogen-bond acceptors (Lipinski definition) is 3. The molecule has 0 saturated carbocycles. The van der Waals surface area contributed by atoms with Crippen molar-refractivity contribution in [1.29, 1.82) is 0 Å². The Kier molecular flexibility index (Phi) is 3.91. The Hall–Kier alpha value is -1.40. The molecule has 1 aliphatic rings. The first kappa shape index (κ1) is 14.0. The molecule has 0 aromatic heterocycles.